The maximum Gasteiger partial charge on any atom is 0.226 e. The fourth-order valence-electron chi connectivity index (χ4n) is 2.84. The number of fused-ring (bicyclic) bond motifs is 1. The maximum atomic E-state index is 12.3. The van der Waals surface area contributed by atoms with Crippen LogP contribution in [-0.4, -0.2) is 25.7 Å². The van der Waals surface area contributed by atoms with Gasteiger partial charge in [-0.1, -0.05) is 29.3 Å². The van der Waals surface area contributed by atoms with Crippen molar-refractivity contribution in [1.29, 1.82) is 0 Å². The molecule has 0 spiro atoms. The number of hydrogen-bond acceptors (Lipinski definition) is 4. The van der Waals surface area contributed by atoms with Crippen LogP contribution in [0.5, 0.6) is 0 Å². The summed E-state index contributed by atoms with van der Waals surface area (Å²) in [6.07, 6.45) is 7.09. The fourth-order valence-corrected chi connectivity index (χ4v) is 3.16. The molecule has 0 aliphatic carbocycles. The van der Waals surface area contributed by atoms with E-state index in [0.29, 0.717) is 22.3 Å². The predicted molar refractivity (Wildman–Crippen MR) is 109 cm³/mol. The van der Waals surface area contributed by atoms with Gasteiger partial charge in [0.05, 0.1) is 45.8 Å². The molecule has 8 heteroatoms. The molecule has 4 rings (SSSR count). The van der Waals surface area contributed by atoms with E-state index in [4.69, 9.17) is 23.2 Å². The van der Waals surface area contributed by atoms with Gasteiger partial charge in [0, 0.05) is 24.3 Å². The molecule has 1 aromatic carbocycles. The largest absolute Gasteiger partial charge is 0.352 e. The van der Waals surface area contributed by atoms with Crippen LogP contribution in [0.3, 0.4) is 0 Å². The van der Waals surface area contributed by atoms with E-state index >= 15 is 0 Å². The van der Waals surface area contributed by atoms with E-state index in [2.05, 4.69) is 20.4 Å². The molecule has 0 radical (unpaired) electrons. The van der Waals surface area contributed by atoms with Crippen LogP contribution in [0.4, 0.5) is 0 Å². The molecule has 0 aliphatic rings. The maximum absolute atomic E-state index is 12.3. The van der Waals surface area contributed by atoms with E-state index in [1.54, 1.807) is 41.6 Å². The minimum atomic E-state index is -0.126. The second-order valence-electron chi connectivity index (χ2n) is 6.20. The van der Waals surface area contributed by atoms with Crippen LogP contribution in [0, 0.1) is 0 Å². The van der Waals surface area contributed by atoms with E-state index in [-0.39, 0.29) is 12.3 Å². The molecule has 0 fully saturated rings. The van der Waals surface area contributed by atoms with Crippen molar-refractivity contribution in [2.75, 3.05) is 0 Å². The van der Waals surface area contributed by atoms with E-state index in [1.807, 2.05) is 24.3 Å². The molecule has 3 heterocycles. The molecule has 1 amide bonds. The van der Waals surface area contributed by atoms with Gasteiger partial charge in [0.2, 0.25) is 5.91 Å². The highest BCUT2D eigenvalue weighted by Gasteiger charge is 2.10. The zero-order valence-electron chi connectivity index (χ0n) is 14.6. The molecule has 6 nitrogen and oxygen atoms in total. The molecule has 0 saturated heterocycles. The molecule has 4 aromatic rings. The number of rotatable bonds is 5. The number of carbonyl (C=O) groups excluding carboxylic acids is 1. The summed E-state index contributed by atoms with van der Waals surface area (Å²) >= 11 is 11.9. The summed E-state index contributed by atoms with van der Waals surface area (Å²) < 4.78 is 1.79. The van der Waals surface area contributed by atoms with Crippen molar-refractivity contribution in [2.45, 2.75) is 13.0 Å². The van der Waals surface area contributed by atoms with Gasteiger partial charge in [-0.15, -0.1) is 0 Å². The Morgan fingerprint density at radius 2 is 1.86 bits per heavy atom. The summed E-state index contributed by atoms with van der Waals surface area (Å²) in [6, 6.07) is 10.9. The Hall–Kier alpha value is -2.96. The van der Waals surface area contributed by atoms with Gasteiger partial charge in [0.1, 0.15) is 0 Å². The summed E-state index contributed by atoms with van der Waals surface area (Å²) in [6.45, 7) is 0.373. The highest BCUT2D eigenvalue weighted by atomic mass is 35.5. The summed E-state index contributed by atoms with van der Waals surface area (Å²) in [5, 5.41) is 9.13. The molecular formula is C20H15Cl2N5O. The molecule has 0 saturated carbocycles. The lowest BCUT2D eigenvalue weighted by molar-refractivity contribution is -0.120. The molecule has 0 bridgehead atoms. The van der Waals surface area contributed by atoms with Crippen molar-refractivity contribution in [3.05, 3.63) is 82.5 Å². The van der Waals surface area contributed by atoms with Crippen LogP contribution in [0.15, 0.2) is 61.2 Å². The summed E-state index contributed by atoms with van der Waals surface area (Å²) in [5.41, 5.74) is 3.32. The first-order valence-electron chi connectivity index (χ1n) is 8.54. The molecule has 3 aromatic heterocycles. The predicted octanol–water partition coefficient (Wildman–Crippen LogP) is 3.98. The number of halogens is 2. The third kappa shape index (κ3) is 3.98. The highest BCUT2D eigenvalue weighted by Crippen LogP contribution is 2.22. The zero-order chi connectivity index (χ0) is 19.5. The van der Waals surface area contributed by atoms with Crippen molar-refractivity contribution in [3.8, 4) is 5.69 Å². The highest BCUT2D eigenvalue weighted by molar-refractivity contribution is 6.42. The standard InChI is InChI=1S/C20H15Cl2N5O/c21-17-2-1-13(7-18(17)22)10-25-20(28)9-15-8-14-11-26-27(19(14)12-24-15)16-3-5-23-6-4-16/h1-8,11-12H,9-10H2,(H,25,28). The Kier molecular flexibility index (Phi) is 5.23. The molecule has 1 N–H and O–H groups in total. The quantitative estimate of drug-likeness (QED) is 0.538. The van der Waals surface area contributed by atoms with Crippen molar-refractivity contribution in [2.24, 2.45) is 0 Å². The number of benzene rings is 1. The smallest absolute Gasteiger partial charge is 0.226 e. The summed E-state index contributed by atoms with van der Waals surface area (Å²) in [7, 11) is 0. The molecule has 0 atom stereocenters. The minimum Gasteiger partial charge on any atom is -0.352 e. The van der Waals surface area contributed by atoms with Crippen LogP contribution in [0.1, 0.15) is 11.3 Å². The third-order valence-corrected chi connectivity index (χ3v) is 4.97. The van der Waals surface area contributed by atoms with E-state index in [9.17, 15) is 4.79 Å². The van der Waals surface area contributed by atoms with Gasteiger partial charge in [-0.2, -0.15) is 5.10 Å². The van der Waals surface area contributed by atoms with Crippen LogP contribution in [-0.2, 0) is 17.8 Å². The number of hydrogen-bond donors (Lipinski definition) is 1. The van der Waals surface area contributed by atoms with E-state index in [1.165, 1.54) is 0 Å². The second kappa shape index (κ2) is 7.96. The topological polar surface area (TPSA) is 72.7 Å². The number of carbonyl (C=O) groups is 1. The van der Waals surface area contributed by atoms with Gasteiger partial charge in [-0.3, -0.25) is 14.8 Å². The average Bonchev–Trinajstić information content (AvgIpc) is 3.13. The molecular weight excluding hydrogens is 397 g/mol. The fraction of sp³-hybridized carbons (Fsp3) is 0.100. The Bertz CT molecular complexity index is 1140. The second-order valence-corrected chi connectivity index (χ2v) is 7.01. The van der Waals surface area contributed by atoms with E-state index < -0.39 is 0 Å². The Balaban J connectivity index is 1.44. The minimum absolute atomic E-state index is 0.126. The summed E-state index contributed by atoms with van der Waals surface area (Å²) in [5.74, 6) is -0.126. The van der Waals surface area contributed by atoms with Gasteiger partial charge in [0.25, 0.3) is 0 Å². The number of pyridine rings is 2. The lowest BCUT2D eigenvalue weighted by Gasteiger charge is -2.07. The molecule has 140 valence electrons. The first-order valence-corrected chi connectivity index (χ1v) is 9.29. The van der Waals surface area contributed by atoms with Gasteiger partial charge in [-0.05, 0) is 35.9 Å². The molecule has 0 aliphatic heterocycles. The third-order valence-electron chi connectivity index (χ3n) is 4.23. The normalized spacial score (nSPS) is 10.9. The SMILES string of the molecule is O=C(Cc1cc2cnn(-c3ccncc3)c2cn1)NCc1ccc(Cl)c(Cl)c1. The number of aromatic nitrogens is 4. The van der Waals surface area contributed by atoms with Crippen LogP contribution < -0.4 is 5.32 Å². The monoisotopic (exact) mass is 411 g/mol. The lowest BCUT2D eigenvalue weighted by Crippen LogP contribution is -2.24. The van der Waals surface area contributed by atoms with Crippen LogP contribution in [0.2, 0.25) is 10.0 Å². The number of amides is 1. The van der Waals surface area contributed by atoms with Crippen molar-refractivity contribution >= 4 is 40.0 Å². The molecule has 0 unspecified atom stereocenters. The van der Waals surface area contributed by atoms with Gasteiger partial charge >= 0.3 is 0 Å². The van der Waals surface area contributed by atoms with Crippen molar-refractivity contribution in [1.82, 2.24) is 25.1 Å². The summed E-state index contributed by atoms with van der Waals surface area (Å²) in [4.78, 5) is 20.7. The zero-order valence-corrected chi connectivity index (χ0v) is 16.2. The first-order chi connectivity index (χ1) is 13.6. The van der Waals surface area contributed by atoms with Gasteiger partial charge in [0.15, 0.2) is 0 Å². The first kappa shape index (κ1) is 18.4. The van der Waals surface area contributed by atoms with Crippen molar-refractivity contribution in [3.63, 3.8) is 0 Å². The van der Waals surface area contributed by atoms with Gasteiger partial charge < -0.3 is 5.32 Å². The van der Waals surface area contributed by atoms with Crippen LogP contribution >= 0.6 is 23.2 Å². The van der Waals surface area contributed by atoms with Crippen LogP contribution in [0.25, 0.3) is 16.6 Å². The lowest BCUT2D eigenvalue weighted by atomic mass is 10.2. The Labute approximate surface area is 171 Å². The Morgan fingerprint density at radius 3 is 2.64 bits per heavy atom. The molecule has 28 heavy (non-hydrogen) atoms. The van der Waals surface area contributed by atoms with E-state index in [0.717, 1.165) is 22.2 Å². The average molecular weight is 412 g/mol. The number of nitrogens with one attached hydrogen (secondary N) is 1. The Morgan fingerprint density at radius 1 is 1.04 bits per heavy atom. The van der Waals surface area contributed by atoms with Gasteiger partial charge in [-0.25, -0.2) is 4.68 Å². The van der Waals surface area contributed by atoms with Crippen molar-refractivity contribution < 1.29 is 4.79 Å². The number of nitrogens with zero attached hydrogens (tertiary/aromatic N) is 4.